The standard InChI is InChI=1S/C27H42N6O5S/c1-16(2)23(26(36)31-21(27(37)38)11-13-39-3)33-25(35)22(32-24(34)19(29)9-6-7-12-28)14-17-15-30-20-10-5-4-8-18(17)20/h4-5,8,10,15-16,19,21-23,30H,6-7,9,11-14,28-29H2,1-3H3,(H,31,36)(H,32,34)(H,33,35)(H,37,38). The van der Waals surface area contributed by atoms with Crippen LogP contribution in [0.15, 0.2) is 30.5 Å². The highest BCUT2D eigenvalue weighted by Gasteiger charge is 2.32. The molecular formula is C27H42N6O5S. The molecule has 0 spiro atoms. The zero-order valence-electron chi connectivity index (χ0n) is 22.9. The smallest absolute Gasteiger partial charge is 0.326 e. The number of carbonyl (C=O) groups is 4. The molecule has 2 aromatic rings. The maximum absolute atomic E-state index is 13.5. The molecule has 1 aromatic heterocycles. The van der Waals surface area contributed by atoms with Crippen molar-refractivity contribution in [1.82, 2.24) is 20.9 Å². The molecule has 0 saturated carbocycles. The van der Waals surface area contributed by atoms with E-state index in [0.29, 0.717) is 25.1 Å². The van der Waals surface area contributed by atoms with Crippen molar-refractivity contribution in [3.63, 3.8) is 0 Å². The molecule has 4 atom stereocenters. The summed E-state index contributed by atoms with van der Waals surface area (Å²) < 4.78 is 0. The van der Waals surface area contributed by atoms with Crippen LogP contribution in [-0.4, -0.2) is 76.5 Å². The molecular weight excluding hydrogens is 520 g/mol. The fourth-order valence-electron chi connectivity index (χ4n) is 4.19. The van der Waals surface area contributed by atoms with E-state index < -0.39 is 47.9 Å². The van der Waals surface area contributed by atoms with Gasteiger partial charge in [-0.05, 0) is 55.4 Å². The van der Waals surface area contributed by atoms with Gasteiger partial charge in [0.1, 0.15) is 18.1 Å². The third-order valence-corrected chi connectivity index (χ3v) is 7.15. The first-order valence-electron chi connectivity index (χ1n) is 13.2. The van der Waals surface area contributed by atoms with Crippen molar-refractivity contribution >= 4 is 46.4 Å². The number of carbonyl (C=O) groups excluding carboxylic acids is 3. The molecule has 0 aliphatic heterocycles. The minimum atomic E-state index is -1.14. The number of hydrogen-bond acceptors (Lipinski definition) is 7. The van der Waals surface area contributed by atoms with Gasteiger partial charge in [-0.1, -0.05) is 38.5 Å². The second kappa shape index (κ2) is 16.1. The summed E-state index contributed by atoms with van der Waals surface area (Å²) in [5, 5.41) is 18.5. The van der Waals surface area contributed by atoms with Gasteiger partial charge in [0, 0.05) is 23.5 Å². The van der Waals surface area contributed by atoms with Gasteiger partial charge in [-0.15, -0.1) is 0 Å². The molecule has 2 rings (SSSR count). The molecule has 216 valence electrons. The molecule has 1 heterocycles. The predicted octanol–water partition coefficient (Wildman–Crippen LogP) is 1.11. The molecule has 0 aliphatic rings. The Hall–Kier alpha value is -3.09. The van der Waals surface area contributed by atoms with Crippen LogP contribution in [0.5, 0.6) is 0 Å². The number of aromatic nitrogens is 1. The zero-order valence-corrected chi connectivity index (χ0v) is 23.7. The lowest BCUT2D eigenvalue weighted by atomic mass is 9.99. The molecule has 0 bridgehead atoms. The van der Waals surface area contributed by atoms with Gasteiger partial charge in [-0.25, -0.2) is 4.79 Å². The summed E-state index contributed by atoms with van der Waals surface area (Å²) in [5.41, 5.74) is 13.3. The summed E-state index contributed by atoms with van der Waals surface area (Å²) in [5.74, 6) is -2.55. The summed E-state index contributed by atoms with van der Waals surface area (Å²) >= 11 is 1.48. The highest BCUT2D eigenvalue weighted by Crippen LogP contribution is 2.19. The topological polar surface area (TPSA) is 192 Å². The van der Waals surface area contributed by atoms with Gasteiger partial charge in [0.25, 0.3) is 0 Å². The largest absolute Gasteiger partial charge is 0.480 e. The minimum absolute atomic E-state index is 0.162. The molecule has 0 aliphatic carbocycles. The maximum atomic E-state index is 13.5. The second-order valence-electron chi connectivity index (χ2n) is 9.93. The first-order valence-corrected chi connectivity index (χ1v) is 14.6. The number of benzene rings is 1. The Balaban J connectivity index is 2.24. The average molecular weight is 563 g/mol. The molecule has 9 N–H and O–H groups in total. The number of thioether (sulfide) groups is 1. The number of nitrogens with one attached hydrogen (secondary N) is 4. The van der Waals surface area contributed by atoms with Crippen molar-refractivity contribution in [2.45, 2.75) is 70.1 Å². The van der Waals surface area contributed by atoms with Gasteiger partial charge < -0.3 is 37.5 Å². The third kappa shape index (κ3) is 9.86. The lowest BCUT2D eigenvalue weighted by molar-refractivity contribution is -0.142. The van der Waals surface area contributed by atoms with E-state index in [1.54, 1.807) is 20.0 Å². The first kappa shape index (κ1) is 32.1. The van der Waals surface area contributed by atoms with Gasteiger partial charge in [0.2, 0.25) is 17.7 Å². The molecule has 12 heteroatoms. The highest BCUT2D eigenvalue weighted by molar-refractivity contribution is 7.98. The lowest BCUT2D eigenvalue weighted by Crippen LogP contribution is -2.59. The van der Waals surface area contributed by atoms with E-state index in [4.69, 9.17) is 11.5 Å². The minimum Gasteiger partial charge on any atom is -0.480 e. The number of aliphatic carboxylic acids is 1. The van der Waals surface area contributed by atoms with E-state index in [2.05, 4.69) is 20.9 Å². The molecule has 1 aromatic carbocycles. The Morgan fingerprint density at radius 2 is 1.67 bits per heavy atom. The third-order valence-electron chi connectivity index (χ3n) is 6.51. The number of fused-ring (bicyclic) bond motifs is 1. The van der Waals surface area contributed by atoms with Crippen LogP contribution in [0.2, 0.25) is 0 Å². The van der Waals surface area contributed by atoms with E-state index in [9.17, 15) is 24.3 Å². The number of aromatic amines is 1. The first-order chi connectivity index (χ1) is 18.6. The number of carboxylic acid groups (broad SMARTS) is 1. The van der Waals surface area contributed by atoms with Crippen molar-refractivity contribution in [2.75, 3.05) is 18.6 Å². The van der Waals surface area contributed by atoms with E-state index in [1.165, 1.54) is 11.8 Å². The van der Waals surface area contributed by atoms with E-state index in [1.807, 2.05) is 30.5 Å². The SMILES string of the molecule is CSCCC(NC(=O)C(NC(=O)C(Cc1c[nH]c2ccccc12)NC(=O)C(N)CCCCN)C(C)C)C(=O)O. The quantitative estimate of drug-likeness (QED) is 0.139. The van der Waals surface area contributed by atoms with Gasteiger partial charge in [0.15, 0.2) is 0 Å². The molecule has 0 radical (unpaired) electrons. The number of amides is 3. The van der Waals surface area contributed by atoms with Gasteiger partial charge in [0.05, 0.1) is 6.04 Å². The predicted molar refractivity (Wildman–Crippen MR) is 154 cm³/mol. The summed E-state index contributed by atoms with van der Waals surface area (Å²) in [6, 6.07) is 3.70. The molecule has 11 nitrogen and oxygen atoms in total. The number of rotatable bonds is 17. The van der Waals surface area contributed by atoms with Crippen LogP contribution in [-0.2, 0) is 25.6 Å². The van der Waals surface area contributed by atoms with Gasteiger partial charge in [-0.3, -0.25) is 14.4 Å². The van der Waals surface area contributed by atoms with Gasteiger partial charge in [-0.2, -0.15) is 11.8 Å². The fraction of sp³-hybridized carbons (Fsp3) is 0.556. The Bertz CT molecular complexity index is 1110. The second-order valence-corrected chi connectivity index (χ2v) is 10.9. The molecule has 0 saturated heterocycles. The number of nitrogens with two attached hydrogens (primary N) is 2. The molecule has 3 amide bonds. The summed E-state index contributed by atoms with van der Waals surface area (Å²) in [7, 11) is 0. The Kier molecular flexibility index (Phi) is 13.3. The highest BCUT2D eigenvalue weighted by atomic mass is 32.2. The van der Waals surface area contributed by atoms with Crippen molar-refractivity contribution in [3.05, 3.63) is 36.0 Å². The molecule has 39 heavy (non-hydrogen) atoms. The molecule has 4 unspecified atom stereocenters. The number of para-hydroxylation sites is 1. The number of carboxylic acids is 1. The Morgan fingerprint density at radius 3 is 2.31 bits per heavy atom. The van der Waals surface area contributed by atoms with Gasteiger partial charge >= 0.3 is 5.97 Å². The van der Waals surface area contributed by atoms with Crippen LogP contribution >= 0.6 is 11.8 Å². The normalized spacial score (nSPS) is 14.4. The van der Waals surface area contributed by atoms with E-state index in [0.717, 1.165) is 22.9 Å². The van der Waals surface area contributed by atoms with E-state index in [-0.39, 0.29) is 18.8 Å². The van der Waals surface area contributed by atoms with E-state index >= 15 is 0 Å². The Morgan fingerprint density at radius 1 is 0.974 bits per heavy atom. The summed E-state index contributed by atoms with van der Waals surface area (Å²) in [4.78, 5) is 54.3. The fourth-order valence-corrected chi connectivity index (χ4v) is 4.66. The number of unbranched alkanes of at least 4 members (excludes halogenated alkanes) is 1. The average Bonchev–Trinajstić information content (AvgIpc) is 3.31. The monoisotopic (exact) mass is 562 g/mol. The van der Waals surface area contributed by atoms with Crippen molar-refractivity contribution in [3.8, 4) is 0 Å². The lowest BCUT2D eigenvalue weighted by Gasteiger charge is -2.27. The van der Waals surface area contributed by atoms with Crippen molar-refractivity contribution in [2.24, 2.45) is 17.4 Å². The van der Waals surface area contributed by atoms with Crippen LogP contribution < -0.4 is 27.4 Å². The van der Waals surface area contributed by atoms with Crippen LogP contribution in [0.1, 0.15) is 45.1 Å². The van der Waals surface area contributed by atoms with Crippen LogP contribution in [0.25, 0.3) is 10.9 Å². The van der Waals surface area contributed by atoms with Crippen molar-refractivity contribution in [1.29, 1.82) is 0 Å². The zero-order chi connectivity index (χ0) is 28.9. The molecule has 0 fully saturated rings. The number of hydrogen-bond donors (Lipinski definition) is 7. The summed E-state index contributed by atoms with van der Waals surface area (Å²) in [6.45, 7) is 4.00. The van der Waals surface area contributed by atoms with Crippen LogP contribution in [0.4, 0.5) is 0 Å². The Labute approximate surface area is 233 Å². The maximum Gasteiger partial charge on any atom is 0.326 e. The van der Waals surface area contributed by atoms with Crippen LogP contribution in [0.3, 0.4) is 0 Å². The number of H-pyrrole nitrogens is 1. The summed E-state index contributed by atoms with van der Waals surface area (Å²) in [6.07, 6.45) is 5.89. The van der Waals surface area contributed by atoms with Crippen molar-refractivity contribution < 1.29 is 24.3 Å². The van der Waals surface area contributed by atoms with Crippen LogP contribution in [0, 0.1) is 5.92 Å².